The van der Waals surface area contributed by atoms with E-state index >= 15 is 0 Å². The van der Waals surface area contributed by atoms with Crippen molar-refractivity contribution in [2.45, 2.75) is 409 Å². The van der Waals surface area contributed by atoms with Gasteiger partial charge in [-0.15, -0.1) is 0 Å². The summed E-state index contributed by atoms with van der Waals surface area (Å²) >= 11 is 0. The molecule has 0 N–H and O–H groups in total. The average molecular weight is 1490 g/mol. The molecule has 0 aromatic heterocycles. The van der Waals surface area contributed by atoms with E-state index in [0.29, 0.717) is 61.9 Å². The standard InChI is InChI=1S/C84H146O12Si5/c1-30-35-38-49-71-82(23,59-83(24)72(90-71)55-69-67(92-83)50-51-80(21,96-98(28,29)78(15,16)17)76(89-69)58-86-97(26,27)77(12,13)14)91-63(31-2)53-68-70(93-99(32-3,33-4)34-5)57-81(22)73(88-68)56-74-84(25,95-81)75(94-100(60(6)7,61(8)9)62(10)11)54-64(87-74)44-43-52-85-101(79(18,19)20,65-45-39-36-40-46-65)66-47-41-37-42-48-66/h30-31,35-37,39-42,45-48,50-51,60-62,64,67-76H,32-34,38,43-44,49,52-59H2,1-29H3/b35-30+,63-31+/t64-,67+,68+,69-,70-,71-,72+,73-,74+,75-,76+,80-,81+,82+,83-,84+/m0/s1. The smallest absolute Gasteiger partial charge is 0.261 e. The van der Waals surface area contributed by atoms with Crippen LogP contribution < -0.4 is 10.4 Å². The van der Waals surface area contributed by atoms with Crippen LogP contribution in [0.4, 0.5) is 0 Å². The highest BCUT2D eigenvalue weighted by Crippen LogP contribution is 2.56. The molecule has 0 spiro atoms. The Labute approximate surface area is 622 Å². The Morgan fingerprint density at radius 2 is 1.21 bits per heavy atom. The van der Waals surface area contributed by atoms with Crippen LogP contribution in [0.2, 0.25) is 76.1 Å². The fourth-order valence-electron chi connectivity index (χ4n) is 18.4. The van der Waals surface area contributed by atoms with E-state index in [2.05, 4.69) is 290 Å². The fourth-order valence-corrected chi connectivity index (χ4v) is 34.1. The number of hydrogen-bond donors (Lipinski definition) is 0. The van der Waals surface area contributed by atoms with Crippen molar-refractivity contribution in [2.75, 3.05) is 13.2 Å². The Hall–Kier alpha value is -1.90. The summed E-state index contributed by atoms with van der Waals surface area (Å²) in [7, 11) is -11.9. The third-order valence-electron chi connectivity index (χ3n) is 26.6. The van der Waals surface area contributed by atoms with E-state index in [9.17, 15) is 0 Å². The highest BCUT2D eigenvalue weighted by molar-refractivity contribution is 6.99. The maximum absolute atomic E-state index is 8.10. The van der Waals surface area contributed by atoms with Crippen molar-refractivity contribution >= 4 is 52.0 Å². The summed E-state index contributed by atoms with van der Waals surface area (Å²) < 4.78 is 91.6. The van der Waals surface area contributed by atoms with Gasteiger partial charge >= 0.3 is 0 Å². The molecule has 8 rings (SSSR count). The van der Waals surface area contributed by atoms with Crippen molar-refractivity contribution < 1.29 is 55.3 Å². The van der Waals surface area contributed by atoms with Gasteiger partial charge in [0.2, 0.25) is 8.32 Å². The minimum Gasteiger partial charge on any atom is -0.489 e. The minimum absolute atomic E-state index is 0.0143. The monoisotopic (exact) mass is 1490 g/mol. The molecule has 101 heavy (non-hydrogen) atoms. The van der Waals surface area contributed by atoms with E-state index in [4.69, 9.17) is 55.3 Å². The molecule has 0 amide bonds. The van der Waals surface area contributed by atoms with Gasteiger partial charge in [-0.2, -0.15) is 0 Å². The van der Waals surface area contributed by atoms with Crippen LogP contribution in [0.1, 0.15) is 237 Å². The minimum atomic E-state index is -2.75. The van der Waals surface area contributed by atoms with Gasteiger partial charge in [0.05, 0.1) is 78.5 Å². The van der Waals surface area contributed by atoms with Crippen molar-refractivity contribution in [1.29, 1.82) is 0 Å². The first-order chi connectivity index (χ1) is 46.8. The summed E-state index contributed by atoms with van der Waals surface area (Å²) in [5, 5.41) is 2.50. The summed E-state index contributed by atoms with van der Waals surface area (Å²) in [6, 6.07) is 25.1. The lowest BCUT2D eigenvalue weighted by Gasteiger charge is -2.62. The number of hydrogen-bond acceptors (Lipinski definition) is 12. The molecule has 5 fully saturated rings. The normalized spacial score (nSPS) is 33.5. The second-order valence-electron chi connectivity index (χ2n) is 37.7. The summed E-state index contributed by atoms with van der Waals surface area (Å²) in [6.45, 7) is 68.4. The first kappa shape index (κ1) is 84.7. The molecule has 12 nitrogen and oxygen atoms in total. The van der Waals surface area contributed by atoms with Crippen LogP contribution in [0.15, 0.2) is 96.8 Å². The van der Waals surface area contributed by atoms with Gasteiger partial charge in [-0.05, 0) is 167 Å². The lowest BCUT2D eigenvalue weighted by atomic mass is 9.73. The van der Waals surface area contributed by atoms with Gasteiger partial charge in [0.1, 0.15) is 29.0 Å². The summed E-state index contributed by atoms with van der Waals surface area (Å²) in [5.41, 5.74) is -2.48. The van der Waals surface area contributed by atoms with Crippen LogP contribution in [0, 0.1) is 0 Å². The molecule has 0 aliphatic carbocycles. The average Bonchev–Trinajstić information content (AvgIpc) is 1.03. The van der Waals surface area contributed by atoms with Crippen LogP contribution in [0.3, 0.4) is 0 Å². The van der Waals surface area contributed by atoms with Crippen LogP contribution >= 0.6 is 0 Å². The van der Waals surface area contributed by atoms with Crippen LogP contribution in [0.5, 0.6) is 0 Å². The maximum atomic E-state index is 8.10. The maximum Gasteiger partial charge on any atom is 0.261 e. The number of rotatable bonds is 29. The molecule has 2 aromatic rings. The molecule has 6 aliphatic heterocycles. The largest absolute Gasteiger partial charge is 0.489 e. The topological polar surface area (TPSA) is 111 Å². The van der Waals surface area contributed by atoms with E-state index in [1.807, 2.05) is 0 Å². The van der Waals surface area contributed by atoms with E-state index in [-0.39, 0.29) is 82.3 Å². The highest BCUT2D eigenvalue weighted by atomic mass is 28.4. The van der Waals surface area contributed by atoms with E-state index in [0.717, 1.165) is 56.0 Å². The van der Waals surface area contributed by atoms with E-state index in [1.165, 1.54) is 10.4 Å². The SMILES string of the molecule is C/C=C/CC[C@@H]1O[C@@H]2C[C@@H]3O[C@H](CO[Si](C)(C)C(C)(C)C)[C@@](C)(O[Si](C)(C)C(C)(C)C)C=C[C@H]3O[C@@]2(C)C[C@@]1(C)O/C(=C/C)C[C@H]1O[C@H]2C[C@H]3O[C@@H](CCCO[Si](c4ccccc4)(c4ccccc4)C(C)(C)C)C[C@H](O[Si](C(C)C)(C(C)C)C(C)C)[C@]3(C)O[C@]2(C)C[C@@H]1O[Si](CC)(CC)CC. The van der Waals surface area contributed by atoms with Gasteiger partial charge in [0.15, 0.2) is 25.0 Å². The molecule has 5 saturated heterocycles. The molecule has 0 radical (unpaired) electrons. The molecular formula is C84H146O12Si5. The van der Waals surface area contributed by atoms with Crippen molar-refractivity contribution in [3.8, 4) is 0 Å². The molecule has 0 saturated carbocycles. The quantitative estimate of drug-likeness (QED) is 0.0335. The van der Waals surface area contributed by atoms with Gasteiger partial charge < -0.3 is 55.3 Å². The number of ether oxygens (including phenoxy) is 7. The Morgan fingerprint density at radius 3 is 1.73 bits per heavy atom. The van der Waals surface area contributed by atoms with Crippen LogP contribution in [-0.2, 0) is 55.3 Å². The zero-order valence-corrected chi connectivity index (χ0v) is 74.2. The molecule has 0 bridgehead atoms. The van der Waals surface area contributed by atoms with E-state index in [1.54, 1.807) is 0 Å². The van der Waals surface area contributed by atoms with Crippen molar-refractivity contribution in [2.24, 2.45) is 0 Å². The Bertz CT molecular complexity index is 2990. The van der Waals surface area contributed by atoms with Crippen molar-refractivity contribution in [3.05, 3.63) is 96.8 Å². The van der Waals surface area contributed by atoms with Crippen molar-refractivity contribution in [3.63, 3.8) is 0 Å². The molecule has 16 atom stereocenters. The number of fused-ring (bicyclic) bond motifs is 4. The molecule has 6 aliphatic rings. The first-order valence-electron chi connectivity index (χ1n) is 39.9. The van der Waals surface area contributed by atoms with Gasteiger partial charge in [-0.3, -0.25) is 0 Å². The third kappa shape index (κ3) is 17.7. The zero-order valence-electron chi connectivity index (χ0n) is 69.2. The first-order valence-corrected chi connectivity index (χ1v) is 52.3. The van der Waals surface area contributed by atoms with Crippen LogP contribution in [0.25, 0.3) is 0 Å². The molecule has 2 aromatic carbocycles. The summed E-state index contributed by atoms with van der Waals surface area (Å²) in [4.78, 5) is 0. The Balaban J connectivity index is 1.09. The van der Waals surface area contributed by atoms with Gasteiger partial charge in [-0.1, -0.05) is 210 Å². The van der Waals surface area contributed by atoms with Gasteiger partial charge in [0.25, 0.3) is 8.32 Å². The fraction of sp³-hybridized carbons (Fsp3) is 0.786. The van der Waals surface area contributed by atoms with Crippen molar-refractivity contribution in [1.82, 2.24) is 0 Å². The lowest BCUT2D eigenvalue weighted by molar-refractivity contribution is -0.353. The second-order valence-corrected chi connectivity index (χ2v) is 61.7. The summed E-state index contributed by atoms with van der Waals surface area (Å²) in [5.74, 6) is 0.879. The number of benzene rings is 2. The predicted molar refractivity (Wildman–Crippen MR) is 431 cm³/mol. The Kier molecular flexibility index (Phi) is 27.1. The lowest BCUT2D eigenvalue weighted by Crippen LogP contribution is -2.73. The van der Waals surface area contributed by atoms with Gasteiger partial charge in [-0.25, -0.2) is 0 Å². The predicted octanol–water partition coefficient (Wildman–Crippen LogP) is 20.8. The number of allylic oxidation sites excluding steroid dienone is 3. The third-order valence-corrected chi connectivity index (χ3v) is 51.5. The van der Waals surface area contributed by atoms with Gasteiger partial charge in [0, 0.05) is 45.1 Å². The molecule has 6 heterocycles. The molecular weight excluding hydrogens is 1340 g/mol. The summed E-state index contributed by atoms with van der Waals surface area (Å²) in [6.07, 6.45) is 15.6. The molecule has 0 unspecified atom stereocenters. The highest BCUT2D eigenvalue weighted by Gasteiger charge is 2.66. The van der Waals surface area contributed by atoms with Crippen LogP contribution in [-0.4, -0.2) is 150 Å². The second kappa shape index (κ2) is 32.3. The Morgan fingerprint density at radius 1 is 0.634 bits per heavy atom. The van der Waals surface area contributed by atoms with E-state index < -0.39 is 69.6 Å². The molecule has 17 heteroatoms. The molecule has 574 valence electrons. The zero-order chi connectivity index (χ0) is 75.0.